The van der Waals surface area contributed by atoms with Crippen LogP contribution >= 0.6 is 0 Å². The highest BCUT2D eigenvalue weighted by Crippen LogP contribution is 2.27. The third-order valence-electron chi connectivity index (χ3n) is 5.38. The summed E-state index contributed by atoms with van der Waals surface area (Å²) in [4.78, 5) is 62.0. The van der Waals surface area contributed by atoms with Gasteiger partial charge in [-0.25, -0.2) is 23.5 Å². The number of benzene rings is 1. The molecule has 1 aromatic carbocycles. The van der Waals surface area contributed by atoms with Gasteiger partial charge in [-0.15, -0.1) is 0 Å². The van der Waals surface area contributed by atoms with Crippen LogP contribution in [-0.2, 0) is 30.2 Å². The maximum absolute atomic E-state index is 14.5. The summed E-state index contributed by atoms with van der Waals surface area (Å²) in [5.74, 6) is -6.46. The smallest absolute Gasteiger partial charge is 0.342 e. The maximum Gasteiger partial charge on any atom is 0.342 e. The molecule has 0 saturated carbocycles. The summed E-state index contributed by atoms with van der Waals surface area (Å²) in [6.45, 7) is 6.48. The first kappa shape index (κ1) is 29.9. The zero-order valence-corrected chi connectivity index (χ0v) is 22.5. The summed E-state index contributed by atoms with van der Waals surface area (Å²) in [6.07, 6.45) is 1.43. The second-order valence-corrected chi connectivity index (χ2v) is 9.45. The second kappa shape index (κ2) is 12.5. The third-order valence-corrected chi connectivity index (χ3v) is 5.38. The minimum atomic E-state index is -1.45. The SMILES string of the molecule is CCOC(=O)c1c(C=O)nc(-c2c(F)cccc2F)nc1Cc1ccc(C(C(=O)OC)C(=O)OC(C)(C)C)nc1. The molecule has 2 heterocycles. The number of hydrogen-bond donors (Lipinski definition) is 0. The van der Waals surface area contributed by atoms with Crippen LogP contribution in [0.15, 0.2) is 36.5 Å². The van der Waals surface area contributed by atoms with E-state index >= 15 is 0 Å². The number of aromatic nitrogens is 3. The van der Waals surface area contributed by atoms with E-state index < -0.39 is 58.1 Å². The molecule has 10 nitrogen and oxygen atoms in total. The Hall–Kier alpha value is -4.61. The number of aldehydes is 1. The van der Waals surface area contributed by atoms with Gasteiger partial charge in [0.25, 0.3) is 0 Å². The van der Waals surface area contributed by atoms with Crippen molar-refractivity contribution in [2.24, 2.45) is 0 Å². The van der Waals surface area contributed by atoms with Crippen molar-refractivity contribution in [3.8, 4) is 11.4 Å². The molecule has 0 radical (unpaired) electrons. The Labute approximate surface area is 228 Å². The fraction of sp³-hybridized carbons (Fsp3) is 0.321. The largest absolute Gasteiger partial charge is 0.468 e. The fourth-order valence-corrected chi connectivity index (χ4v) is 3.71. The topological polar surface area (TPSA) is 135 Å². The molecule has 0 saturated heterocycles. The van der Waals surface area contributed by atoms with Gasteiger partial charge in [0.05, 0.1) is 30.7 Å². The molecule has 1 atom stereocenters. The molecule has 3 aromatic rings. The number of hydrogen-bond acceptors (Lipinski definition) is 10. The molecule has 0 aliphatic carbocycles. The van der Waals surface area contributed by atoms with Crippen molar-refractivity contribution in [3.05, 3.63) is 76.4 Å². The Balaban J connectivity index is 2.08. The first-order chi connectivity index (χ1) is 18.9. The molecule has 0 fully saturated rings. The van der Waals surface area contributed by atoms with Crippen LogP contribution in [-0.4, -0.2) is 58.5 Å². The average Bonchev–Trinajstić information content (AvgIpc) is 2.88. The van der Waals surface area contributed by atoms with Crippen LogP contribution in [0.4, 0.5) is 8.78 Å². The number of ether oxygens (including phenoxy) is 3. The Morgan fingerprint density at radius 1 is 1.02 bits per heavy atom. The van der Waals surface area contributed by atoms with E-state index in [1.165, 1.54) is 18.3 Å². The molecule has 0 aliphatic rings. The number of carbonyl (C=O) groups excluding carboxylic acids is 4. The predicted octanol–water partition coefficient (Wildman–Crippen LogP) is 4.00. The first-order valence-corrected chi connectivity index (χ1v) is 12.1. The molecule has 0 aliphatic heterocycles. The van der Waals surface area contributed by atoms with Crippen molar-refractivity contribution in [2.75, 3.05) is 13.7 Å². The van der Waals surface area contributed by atoms with Gasteiger partial charge in [0, 0.05) is 12.6 Å². The minimum absolute atomic E-state index is 0.0178. The average molecular weight is 556 g/mol. The van der Waals surface area contributed by atoms with Crippen LogP contribution in [0.3, 0.4) is 0 Å². The highest BCUT2D eigenvalue weighted by Gasteiger charge is 2.35. The fourth-order valence-electron chi connectivity index (χ4n) is 3.71. The van der Waals surface area contributed by atoms with Crippen molar-refractivity contribution < 1.29 is 42.2 Å². The number of pyridine rings is 1. The lowest BCUT2D eigenvalue weighted by atomic mass is 10.0. The van der Waals surface area contributed by atoms with Crippen LogP contribution in [0.5, 0.6) is 0 Å². The summed E-state index contributed by atoms with van der Waals surface area (Å²) < 4.78 is 44.1. The lowest BCUT2D eigenvalue weighted by Gasteiger charge is -2.22. The Morgan fingerprint density at radius 3 is 2.23 bits per heavy atom. The molecule has 210 valence electrons. The molecule has 40 heavy (non-hydrogen) atoms. The van der Waals surface area contributed by atoms with E-state index in [4.69, 9.17) is 14.2 Å². The number of nitrogens with zero attached hydrogens (tertiary/aromatic N) is 3. The summed E-state index contributed by atoms with van der Waals surface area (Å²) in [7, 11) is 1.13. The van der Waals surface area contributed by atoms with E-state index in [2.05, 4.69) is 15.0 Å². The monoisotopic (exact) mass is 555 g/mol. The molecular weight excluding hydrogens is 528 g/mol. The number of rotatable bonds is 9. The molecule has 0 spiro atoms. The number of carbonyl (C=O) groups is 4. The van der Waals surface area contributed by atoms with Gasteiger partial charge >= 0.3 is 17.9 Å². The van der Waals surface area contributed by atoms with Gasteiger partial charge in [0.2, 0.25) is 0 Å². The zero-order valence-electron chi connectivity index (χ0n) is 22.5. The van der Waals surface area contributed by atoms with Crippen LogP contribution in [0, 0.1) is 11.6 Å². The molecule has 3 rings (SSSR count). The van der Waals surface area contributed by atoms with E-state index in [9.17, 15) is 28.0 Å². The lowest BCUT2D eigenvalue weighted by Crippen LogP contribution is -2.32. The molecule has 2 aromatic heterocycles. The number of halogens is 2. The van der Waals surface area contributed by atoms with E-state index in [1.807, 2.05) is 0 Å². The standard InChI is InChI=1S/C28H27F2N3O7/c1-6-39-26(36)22-19(32-24(33-20(22)14-34)21-16(29)8-7-9-17(21)30)12-15-10-11-18(31-13-15)23(25(35)38-5)27(37)40-28(2,3)4/h7-11,13-14,23H,6,12H2,1-5H3. The van der Waals surface area contributed by atoms with Crippen molar-refractivity contribution >= 4 is 24.2 Å². The maximum atomic E-state index is 14.5. The van der Waals surface area contributed by atoms with Gasteiger partial charge in [0.15, 0.2) is 18.0 Å². The molecule has 12 heteroatoms. The molecule has 0 N–H and O–H groups in total. The molecule has 1 unspecified atom stereocenters. The summed E-state index contributed by atoms with van der Waals surface area (Å²) in [5.41, 5.74) is -1.73. The number of esters is 3. The van der Waals surface area contributed by atoms with Gasteiger partial charge in [-0.3, -0.25) is 19.4 Å². The van der Waals surface area contributed by atoms with Gasteiger partial charge in [-0.2, -0.15) is 0 Å². The summed E-state index contributed by atoms with van der Waals surface area (Å²) in [6, 6.07) is 6.07. The second-order valence-electron chi connectivity index (χ2n) is 9.45. The van der Waals surface area contributed by atoms with E-state index in [1.54, 1.807) is 27.7 Å². The Bertz CT molecular complexity index is 1420. The quantitative estimate of drug-likeness (QED) is 0.165. The number of methoxy groups -OCH3 is 1. The van der Waals surface area contributed by atoms with Gasteiger partial charge in [0.1, 0.15) is 28.5 Å². The predicted molar refractivity (Wildman–Crippen MR) is 136 cm³/mol. The lowest BCUT2D eigenvalue weighted by molar-refractivity contribution is -0.163. The third kappa shape index (κ3) is 6.87. The normalized spacial score (nSPS) is 11.9. The van der Waals surface area contributed by atoms with Crippen molar-refractivity contribution in [2.45, 2.75) is 45.6 Å². The Kier molecular flexibility index (Phi) is 9.35. The zero-order chi connectivity index (χ0) is 29.6. The van der Waals surface area contributed by atoms with Gasteiger partial charge in [-0.05, 0) is 51.5 Å². The van der Waals surface area contributed by atoms with Crippen molar-refractivity contribution in [1.29, 1.82) is 0 Å². The van der Waals surface area contributed by atoms with E-state index in [0.717, 1.165) is 25.3 Å². The van der Waals surface area contributed by atoms with Gasteiger partial charge < -0.3 is 14.2 Å². The first-order valence-electron chi connectivity index (χ1n) is 12.1. The van der Waals surface area contributed by atoms with E-state index in [0.29, 0.717) is 5.56 Å². The highest BCUT2D eigenvalue weighted by atomic mass is 19.1. The van der Waals surface area contributed by atoms with E-state index in [-0.39, 0.29) is 36.3 Å². The van der Waals surface area contributed by atoms with Crippen LogP contribution < -0.4 is 0 Å². The Morgan fingerprint density at radius 2 is 1.70 bits per heavy atom. The molecule has 0 amide bonds. The summed E-state index contributed by atoms with van der Waals surface area (Å²) >= 11 is 0. The van der Waals surface area contributed by atoms with Crippen LogP contribution in [0.1, 0.15) is 71.4 Å². The summed E-state index contributed by atoms with van der Waals surface area (Å²) in [5, 5.41) is 0. The minimum Gasteiger partial charge on any atom is -0.468 e. The van der Waals surface area contributed by atoms with Crippen molar-refractivity contribution in [1.82, 2.24) is 15.0 Å². The molecular formula is C28H27F2N3O7. The van der Waals surface area contributed by atoms with Crippen LogP contribution in [0.2, 0.25) is 0 Å². The van der Waals surface area contributed by atoms with Crippen molar-refractivity contribution in [3.63, 3.8) is 0 Å². The van der Waals surface area contributed by atoms with Gasteiger partial charge in [-0.1, -0.05) is 12.1 Å². The van der Waals surface area contributed by atoms with Crippen LogP contribution in [0.25, 0.3) is 11.4 Å². The highest BCUT2D eigenvalue weighted by molar-refractivity contribution is 6.00. The molecule has 0 bridgehead atoms.